The first-order valence-electron chi connectivity index (χ1n) is 5.92. The Bertz CT molecular complexity index is 319. The van der Waals surface area contributed by atoms with Gasteiger partial charge in [0.25, 0.3) is 0 Å². The van der Waals surface area contributed by atoms with Crippen LogP contribution in [0.2, 0.25) is 0 Å². The van der Waals surface area contributed by atoms with Crippen molar-refractivity contribution in [3.05, 3.63) is 30.1 Å². The zero-order valence-corrected chi connectivity index (χ0v) is 9.58. The molecule has 0 aromatic heterocycles. The van der Waals surface area contributed by atoms with Gasteiger partial charge in [0.1, 0.15) is 17.7 Å². The fourth-order valence-corrected chi connectivity index (χ4v) is 2.20. The van der Waals surface area contributed by atoms with Crippen molar-refractivity contribution in [1.82, 2.24) is 5.32 Å². The Balaban J connectivity index is 1.97. The van der Waals surface area contributed by atoms with Crippen molar-refractivity contribution >= 4 is 0 Å². The molecule has 2 rings (SSSR count). The number of halogens is 1. The number of hydrogen-bond donors (Lipinski definition) is 1. The second kappa shape index (κ2) is 5.30. The van der Waals surface area contributed by atoms with E-state index in [0.29, 0.717) is 5.92 Å². The van der Waals surface area contributed by atoms with E-state index in [0.717, 1.165) is 25.3 Å². The molecule has 1 aliphatic rings. The lowest BCUT2D eigenvalue weighted by atomic mass is 9.99. The summed E-state index contributed by atoms with van der Waals surface area (Å²) < 4.78 is 18.6. The molecule has 1 aromatic rings. The maximum Gasteiger partial charge on any atom is 0.123 e. The van der Waals surface area contributed by atoms with Crippen molar-refractivity contribution in [3.63, 3.8) is 0 Å². The summed E-state index contributed by atoms with van der Waals surface area (Å²) in [5.74, 6) is 1.12. The van der Waals surface area contributed by atoms with Crippen LogP contribution in [-0.4, -0.2) is 19.2 Å². The molecule has 2 atom stereocenters. The normalized spacial score (nSPS) is 22.0. The van der Waals surface area contributed by atoms with Crippen LogP contribution in [0.3, 0.4) is 0 Å². The van der Waals surface area contributed by atoms with Crippen LogP contribution in [-0.2, 0) is 0 Å². The van der Waals surface area contributed by atoms with Gasteiger partial charge in [-0.3, -0.25) is 0 Å². The third-order valence-electron chi connectivity index (χ3n) is 3.13. The highest BCUT2D eigenvalue weighted by Gasteiger charge is 2.24. The van der Waals surface area contributed by atoms with Gasteiger partial charge in [-0.15, -0.1) is 0 Å². The molecule has 1 fully saturated rings. The average molecular weight is 223 g/mol. The molecule has 2 nitrogen and oxygen atoms in total. The third-order valence-corrected chi connectivity index (χ3v) is 3.13. The molecule has 0 bridgehead atoms. The van der Waals surface area contributed by atoms with E-state index in [1.54, 1.807) is 12.1 Å². The Morgan fingerprint density at radius 3 is 2.75 bits per heavy atom. The molecular weight excluding hydrogens is 205 g/mol. The predicted molar refractivity (Wildman–Crippen MR) is 62.1 cm³/mol. The minimum absolute atomic E-state index is 0.220. The third kappa shape index (κ3) is 2.73. The Hall–Kier alpha value is -1.09. The van der Waals surface area contributed by atoms with Gasteiger partial charge in [-0.2, -0.15) is 0 Å². The summed E-state index contributed by atoms with van der Waals surface area (Å²) in [5, 5.41) is 3.34. The highest BCUT2D eigenvalue weighted by molar-refractivity contribution is 5.22. The van der Waals surface area contributed by atoms with Crippen LogP contribution in [0.5, 0.6) is 5.75 Å². The number of nitrogens with one attached hydrogen (secondary N) is 1. The van der Waals surface area contributed by atoms with Crippen LogP contribution in [0.1, 0.15) is 19.8 Å². The smallest absolute Gasteiger partial charge is 0.123 e. The topological polar surface area (TPSA) is 21.3 Å². The summed E-state index contributed by atoms with van der Waals surface area (Å²) in [6, 6.07) is 6.27. The quantitative estimate of drug-likeness (QED) is 0.847. The molecule has 3 heteroatoms. The van der Waals surface area contributed by atoms with E-state index in [9.17, 15) is 4.39 Å². The monoisotopic (exact) mass is 223 g/mol. The Kier molecular flexibility index (Phi) is 3.78. The zero-order valence-electron chi connectivity index (χ0n) is 9.58. The van der Waals surface area contributed by atoms with Gasteiger partial charge < -0.3 is 10.1 Å². The van der Waals surface area contributed by atoms with Gasteiger partial charge in [0.2, 0.25) is 0 Å². The molecule has 1 heterocycles. The lowest BCUT2D eigenvalue weighted by Crippen LogP contribution is -2.28. The molecule has 0 amide bonds. The van der Waals surface area contributed by atoms with E-state index in [-0.39, 0.29) is 11.9 Å². The summed E-state index contributed by atoms with van der Waals surface area (Å²) >= 11 is 0. The van der Waals surface area contributed by atoms with E-state index >= 15 is 0 Å². The van der Waals surface area contributed by atoms with Crippen molar-refractivity contribution in [3.8, 4) is 5.75 Å². The second-order valence-corrected chi connectivity index (χ2v) is 4.27. The van der Waals surface area contributed by atoms with Crippen LogP contribution >= 0.6 is 0 Å². The number of rotatable bonds is 4. The summed E-state index contributed by atoms with van der Waals surface area (Å²) in [4.78, 5) is 0. The van der Waals surface area contributed by atoms with Gasteiger partial charge in [0.05, 0.1) is 0 Å². The summed E-state index contributed by atoms with van der Waals surface area (Å²) in [5.41, 5.74) is 0. The Morgan fingerprint density at radius 1 is 1.44 bits per heavy atom. The van der Waals surface area contributed by atoms with Crippen molar-refractivity contribution in [1.29, 1.82) is 0 Å². The standard InChI is InChI=1S/C13H18FNO/c1-2-13(10-7-8-15-9-10)16-12-5-3-11(14)4-6-12/h3-6,10,13,15H,2,7-9H2,1H3/t10-,13-/m0/s1. The van der Waals surface area contributed by atoms with E-state index in [1.807, 2.05) is 0 Å². The van der Waals surface area contributed by atoms with Crippen molar-refractivity contribution in [2.75, 3.05) is 13.1 Å². The Labute approximate surface area is 95.8 Å². The van der Waals surface area contributed by atoms with E-state index < -0.39 is 0 Å². The van der Waals surface area contributed by atoms with Gasteiger partial charge in [-0.25, -0.2) is 4.39 Å². The first-order valence-corrected chi connectivity index (χ1v) is 5.92. The first-order chi connectivity index (χ1) is 7.79. The van der Waals surface area contributed by atoms with Gasteiger partial charge in [-0.1, -0.05) is 6.92 Å². The van der Waals surface area contributed by atoms with Gasteiger partial charge >= 0.3 is 0 Å². The SMILES string of the molecule is CC[C@H](Oc1ccc(F)cc1)[C@H]1CCNC1. The molecule has 0 aliphatic carbocycles. The molecule has 0 saturated carbocycles. The molecule has 16 heavy (non-hydrogen) atoms. The van der Waals surface area contributed by atoms with Crippen LogP contribution in [0.25, 0.3) is 0 Å². The summed E-state index contributed by atoms with van der Waals surface area (Å²) in [6.45, 7) is 4.24. The van der Waals surface area contributed by atoms with Gasteiger partial charge in [-0.05, 0) is 43.7 Å². The van der Waals surface area contributed by atoms with Crippen molar-refractivity contribution in [2.24, 2.45) is 5.92 Å². The minimum atomic E-state index is -0.220. The molecule has 1 aromatic carbocycles. The number of benzene rings is 1. The predicted octanol–water partition coefficient (Wildman–Crippen LogP) is 2.59. The van der Waals surface area contributed by atoms with E-state index in [4.69, 9.17) is 4.74 Å². The lowest BCUT2D eigenvalue weighted by Gasteiger charge is -2.23. The molecule has 1 N–H and O–H groups in total. The maximum absolute atomic E-state index is 12.7. The first kappa shape index (κ1) is 11.4. The Morgan fingerprint density at radius 2 is 2.19 bits per heavy atom. The van der Waals surface area contributed by atoms with E-state index in [2.05, 4.69) is 12.2 Å². The second-order valence-electron chi connectivity index (χ2n) is 4.27. The van der Waals surface area contributed by atoms with Gasteiger partial charge in [0.15, 0.2) is 0 Å². The summed E-state index contributed by atoms with van der Waals surface area (Å²) in [6.07, 6.45) is 2.39. The van der Waals surface area contributed by atoms with Gasteiger partial charge in [0, 0.05) is 12.5 Å². The lowest BCUT2D eigenvalue weighted by molar-refractivity contribution is 0.138. The largest absolute Gasteiger partial charge is 0.490 e. The average Bonchev–Trinajstić information content (AvgIpc) is 2.82. The minimum Gasteiger partial charge on any atom is -0.490 e. The highest BCUT2D eigenvalue weighted by atomic mass is 19.1. The molecule has 1 aliphatic heterocycles. The fourth-order valence-electron chi connectivity index (χ4n) is 2.20. The van der Waals surface area contributed by atoms with Crippen LogP contribution < -0.4 is 10.1 Å². The number of hydrogen-bond acceptors (Lipinski definition) is 2. The zero-order chi connectivity index (χ0) is 11.4. The van der Waals surface area contributed by atoms with Crippen LogP contribution in [0.15, 0.2) is 24.3 Å². The maximum atomic E-state index is 12.7. The molecular formula is C13H18FNO. The van der Waals surface area contributed by atoms with Crippen LogP contribution in [0, 0.1) is 11.7 Å². The molecule has 0 spiro atoms. The van der Waals surface area contributed by atoms with Crippen molar-refractivity contribution in [2.45, 2.75) is 25.9 Å². The molecule has 1 saturated heterocycles. The summed E-state index contributed by atoms with van der Waals surface area (Å²) in [7, 11) is 0. The molecule has 0 unspecified atom stereocenters. The highest BCUT2D eigenvalue weighted by Crippen LogP contribution is 2.22. The molecule has 0 radical (unpaired) electrons. The number of ether oxygens (including phenoxy) is 1. The molecule has 88 valence electrons. The van der Waals surface area contributed by atoms with E-state index in [1.165, 1.54) is 18.6 Å². The van der Waals surface area contributed by atoms with Crippen LogP contribution in [0.4, 0.5) is 4.39 Å². The fraction of sp³-hybridized carbons (Fsp3) is 0.538. The van der Waals surface area contributed by atoms with Crippen molar-refractivity contribution < 1.29 is 9.13 Å².